The van der Waals surface area contributed by atoms with Gasteiger partial charge in [0, 0.05) is 12.5 Å². The first kappa shape index (κ1) is 21.8. The maximum absolute atomic E-state index is 14.1. The number of aliphatic hydroxyl groups excluding tert-OH is 1. The first-order valence-electron chi connectivity index (χ1n) is 7.71. The van der Waals surface area contributed by atoms with Crippen LogP contribution in [-0.4, -0.2) is 68.2 Å². The summed E-state index contributed by atoms with van der Waals surface area (Å²) in [5.41, 5.74) is -1.04. The average molecular weight is 336 g/mol. The Hall–Kier alpha value is -1.25. The minimum absolute atomic E-state index is 0.0991. The molecule has 0 saturated carbocycles. The zero-order valence-electron chi connectivity index (χ0n) is 14.4. The van der Waals surface area contributed by atoms with Gasteiger partial charge in [0.05, 0.1) is 32.0 Å². The summed E-state index contributed by atoms with van der Waals surface area (Å²) in [4.78, 5) is 22.2. The van der Waals surface area contributed by atoms with Crippen molar-refractivity contribution in [2.45, 2.75) is 39.5 Å². The van der Waals surface area contributed by atoms with E-state index in [1.54, 1.807) is 27.7 Å². The minimum atomic E-state index is -1.34. The number of carbonyl (C=O) groups excluding carboxylic acids is 2. The quantitative estimate of drug-likeness (QED) is 0.437. The highest BCUT2D eigenvalue weighted by Gasteiger charge is 2.30. The van der Waals surface area contributed by atoms with Crippen LogP contribution in [0.2, 0.25) is 0 Å². The molecular formula is C15H29FN2O5. The fourth-order valence-electron chi connectivity index (χ4n) is 1.51. The van der Waals surface area contributed by atoms with Gasteiger partial charge in [0.25, 0.3) is 0 Å². The predicted molar refractivity (Wildman–Crippen MR) is 83.7 cm³/mol. The van der Waals surface area contributed by atoms with Crippen molar-refractivity contribution in [1.29, 1.82) is 0 Å². The van der Waals surface area contributed by atoms with Gasteiger partial charge in [0.1, 0.15) is 12.8 Å². The summed E-state index contributed by atoms with van der Waals surface area (Å²) in [5.74, 6) is -0.850. The number of ether oxygens (including phenoxy) is 2. The Morgan fingerprint density at radius 2 is 1.83 bits per heavy atom. The molecule has 0 saturated heterocycles. The van der Waals surface area contributed by atoms with E-state index in [2.05, 4.69) is 10.6 Å². The van der Waals surface area contributed by atoms with Crippen molar-refractivity contribution in [3.8, 4) is 0 Å². The number of amides is 2. The third kappa shape index (κ3) is 10.2. The third-order valence-corrected chi connectivity index (χ3v) is 3.15. The first-order valence-corrected chi connectivity index (χ1v) is 7.71. The van der Waals surface area contributed by atoms with Crippen LogP contribution in [0.3, 0.4) is 0 Å². The van der Waals surface area contributed by atoms with Gasteiger partial charge in [-0.05, 0) is 13.8 Å². The van der Waals surface area contributed by atoms with E-state index in [-0.39, 0.29) is 44.7 Å². The van der Waals surface area contributed by atoms with E-state index in [1.165, 1.54) is 0 Å². The van der Waals surface area contributed by atoms with Gasteiger partial charge in [-0.25, -0.2) is 4.39 Å². The van der Waals surface area contributed by atoms with Gasteiger partial charge in [-0.3, -0.25) is 9.59 Å². The van der Waals surface area contributed by atoms with E-state index in [1.807, 2.05) is 0 Å². The zero-order chi connectivity index (χ0) is 17.9. The topological polar surface area (TPSA) is 96.9 Å². The van der Waals surface area contributed by atoms with E-state index in [4.69, 9.17) is 14.6 Å². The fraction of sp³-hybridized carbons (Fsp3) is 0.867. The summed E-state index contributed by atoms with van der Waals surface area (Å²) in [5, 5.41) is 13.5. The number of hydrogen-bond donors (Lipinski definition) is 3. The van der Waals surface area contributed by atoms with Crippen molar-refractivity contribution in [3.63, 3.8) is 0 Å². The van der Waals surface area contributed by atoms with Gasteiger partial charge < -0.3 is 25.2 Å². The van der Waals surface area contributed by atoms with Gasteiger partial charge in [0.15, 0.2) is 0 Å². The fourth-order valence-corrected chi connectivity index (χ4v) is 1.51. The molecular weight excluding hydrogens is 307 g/mol. The second-order valence-corrected chi connectivity index (χ2v) is 5.94. The molecule has 0 rings (SSSR count). The second kappa shape index (κ2) is 11.3. The van der Waals surface area contributed by atoms with E-state index in [9.17, 15) is 14.0 Å². The number of carbonyl (C=O) groups is 2. The molecule has 3 N–H and O–H groups in total. The largest absolute Gasteiger partial charge is 0.387 e. The van der Waals surface area contributed by atoms with Crippen LogP contribution in [0.25, 0.3) is 0 Å². The van der Waals surface area contributed by atoms with Gasteiger partial charge >= 0.3 is 0 Å². The minimum Gasteiger partial charge on any atom is -0.387 e. The maximum Gasteiger partial charge on any atom is 0.245 e. The molecule has 0 bridgehead atoms. The lowest BCUT2D eigenvalue weighted by molar-refractivity contribution is -0.125. The lowest BCUT2D eigenvalue weighted by Crippen LogP contribution is -2.45. The van der Waals surface area contributed by atoms with Crippen LogP contribution in [0.4, 0.5) is 4.39 Å². The number of alkyl halides is 1. The molecule has 0 aromatic carbocycles. The van der Waals surface area contributed by atoms with Crippen molar-refractivity contribution in [2.24, 2.45) is 5.92 Å². The molecule has 0 aliphatic rings. The van der Waals surface area contributed by atoms with Crippen molar-refractivity contribution in [1.82, 2.24) is 10.6 Å². The number of halogens is 1. The molecule has 0 aliphatic heterocycles. The summed E-state index contributed by atoms with van der Waals surface area (Å²) in [6.45, 7) is 7.06. The van der Waals surface area contributed by atoms with E-state index < -0.39 is 24.3 Å². The van der Waals surface area contributed by atoms with Gasteiger partial charge in [-0.15, -0.1) is 0 Å². The zero-order valence-corrected chi connectivity index (χ0v) is 14.4. The van der Waals surface area contributed by atoms with Crippen LogP contribution in [0.1, 0.15) is 27.7 Å². The predicted octanol–water partition coefficient (Wildman–Crippen LogP) is 0.0170. The molecule has 0 aromatic rings. The van der Waals surface area contributed by atoms with Crippen LogP contribution < -0.4 is 10.6 Å². The Balaban J connectivity index is 3.81. The lowest BCUT2D eigenvalue weighted by Gasteiger charge is -2.29. The number of rotatable bonds is 12. The standard InChI is InChI=1S/C15H29FN2O5/c1-11(2)14(21)18-9-12(16)15(3,4)23-8-7-22-6-5-17-13(20)10-19/h11-12,19H,5-10H2,1-4H3,(H,17,20)(H,18,21). The lowest BCUT2D eigenvalue weighted by atomic mass is 10.0. The Morgan fingerprint density at radius 3 is 2.39 bits per heavy atom. The van der Waals surface area contributed by atoms with Crippen molar-refractivity contribution in [2.75, 3.05) is 39.5 Å². The highest BCUT2D eigenvalue weighted by atomic mass is 19.1. The molecule has 0 fully saturated rings. The molecule has 0 aliphatic carbocycles. The molecule has 0 aromatic heterocycles. The van der Waals surface area contributed by atoms with Crippen LogP contribution in [0, 0.1) is 5.92 Å². The van der Waals surface area contributed by atoms with E-state index >= 15 is 0 Å². The molecule has 1 atom stereocenters. The molecule has 136 valence electrons. The molecule has 2 amide bonds. The molecule has 0 spiro atoms. The normalized spacial score (nSPS) is 13.0. The van der Waals surface area contributed by atoms with Crippen LogP contribution in [-0.2, 0) is 19.1 Å². The average Bonchev–Trinajstić information content (AvgIpc) is 2.50. The molecule has 1 unspecified atom stereocenters. The SMILES string of the molecule is CC(C)C(=O)NCC(F)C(C)(C)OCCOCCNC(=O)CO. The monoisotopic (exact) mass is 336 g/mol. The van der Waals surface area contributed by atoms with Crippen LogP contribution in [0.5, 0.6) is 0 Å². The highest BCUT2D eigenvalue weighted by molar-refractivity contribution is 5.77. The summed E-state index contributed by atoms with van der Waals surface area (Å²) in [6, 6.07) is 0. The second-order valence-electron chi connectivity index (χ2n) is 5.94. The van der Waals surface area contributed by atoms with Crippen molar-refractivity contribution >= 4 is 11.8 Å². The Bertz CT molecular complexity index is 364. The summed E-state index contributed by atoms with van der Waals surface area (Å²) in [7, 11) is 0. The summed E-state index contributed by atoms with van der Waals surface area (Å²) >= 11 is 0. The number of nitrogens with one attached hydrogen (secondary N) is 2. The molecule has 8 heteroatoms. The number of hydrogen-bond acceptors (Lipinski definition) is 5. The molecule has 0 heterocycles. The molecule has 0 radical (unpaired) electrons. The molecule has 7 nitrogen and oxygen atoms in total. The smallest absolute Gasteiger partial charge is 0.245 e. The van der Waals surface area contributed by atoms with Gasteiger partial charge in [-0.1, -0.05) is 13.8 Å². The third-order valence-electron chi connectivity index (χ3n) is 3.15. The van der Waals surface area contributed by atoms with Crippen LogP contribution >= 0.6 is 0 Å². The van der Waals surface area contributed by atoms with Gasteiger partial charge in [-0.2, -0.15) is 0 Å². The van der Waals surface area contributed by atoms with E-state index in [0.717, 1.165) is 0 Å². The summed E-state index contributed by atoms with van der Waals surface area (Å²) in [6.07, 6.45) is -1.34. The Kier molecular flexibility index (Phi) is 10.7. The van der Waals surface area contributed by atoms with E-state index in [0.29, 0.717) is 0 Å². The molecule has 23 heavy (non-hydrogen) atoms. The maximum atomic E-state index is 14.1. The number of aliphatic hydroxyl groups is 1. The van der Waals surface area contributed by atoms with Gasteiger partial charge in [0.2, 0.25) is 11.8 Å². The highest BCUT2D eigenvalue weighted by Crippen LogP contribution is 2.17. The first-order chi connectivity index (χ1) is 10.7. The Morgan fingerprint density at radius 1 is 1.17 bits per heavy atom. The Labute approximate surface area is 136 Å². The summed E-state index contributed by atoms with van der Waals surface area (Å²) < 4.78 is 24.8. The van der Waals surface area contributed by atoms with Crippen molar-refractivity contribution in [3.05, 3.63) is 0 Å². The van der Waals surface area contributed by atoms with Crippen molar-refractivity contribution < 1.29 is 28.6 Å². The van der Waals surface area contributed by atoms with Crippen LogP contribution in [0.15, 0.2) is 0 Å².